The lowest BCUT2D eigenvalue weighted by atomic mass is 9.88. The second-order valence-electron chi connectivity index (χ2n) is 4.80. The summed E-state index contributed by atoms with van der Waals surface area (Å²) in [6, 6.07) is 6.14. The van der Waals surface area contributed by atoms with E-state index in [0.29, 0.717) is 13.0 Å². The molecule has 2 unspecified atom stereocenters. The van der Waals surface area contributed by atoms with Gasteiger partial charge >= 0.3 is 5.97 Å². The molecule has 92 valence electrons. The van der Waals surface area contributed by atoms with Crippen molar-refractivity contribution in [1.29, 1.82) is 0 Å². The molecule has 1 fully saturated rings. The molecule has 0 aliphatic carbocycles. The van der Waals surface area contributed by atoms with E-state index in [0.717, 1.165) is 23.1 Å². The van der Waals surface area contributed by atoms with Gasteiger partial charge in [-0.1, -0.05) is 29.3 Å². The van der Waals surface area contributed by atoms with Gasteiger partial charge < -0.3 is 9.84 Å². The van der Waals surface area contributed by atoms with Gasteiger partial charge in [0.2, 0.25) is 0 Å². The van der Waals surface area contributed by atoms with E-state index in [1.807, 2.05) is 26.0 Å². The third-order valence-corrected chi connectivity index (χ3v) is 3.21. The molecule has 1 aliphatic rings. The Labute approximate surface area is 101 Å². The summed E-state index contributed by atoms with van der Waals surface area (Å²) in [4.78, 5) is 11.2. The maximum Gasteiger partial charge on any atom is 0.309 e. The standard InChI is InChI=1S/C14H18O3/c1-9-6-10(2)8-11(7-9)13-12(14(15)16)4-3-5-17-13/h6-8,12-13H,3-5H2,1-2H3,(H,15,16). The van der Waals surface area contributed by atoms with Gasteiger partial charge in [-0.2, -0.15) is 0 Å². The molecule has 2 rings (SSSR count). The Hall–Kier alpha value is -1.35. The van der Waals surface area contributed by atoms with Gasteiger partial charge in [-0.15, -0.1) is 0 Å². The summed E-state index contributed by atoms with van der Waals surface area (Å²) in [7, 11) is 0. The number of aryl methyl sites for hydroxylation is 2. The van der Waals surface area contributed by atoms with E-state index in [2.05, 4.69) is 6.07 Å². The SMILES string of the molecule is Cc1cc(C)cc(C2OCCCC2C(=O)O)c1. The minimum absolute atomic E-state index is 0.292. The summed E-state index contributed by atoms with van der Waals surface area (Å²) in [5, 5.41) is 9.23. The van der Waals surface area contributed by atoms with Gasteiger partial charge in [0.1, 0.15) is 0 Å². The van der Waals surface area contributed by atoms with Crippen LogP contribution >= 0.6 is 0 Å². The Kier molecular flexibility index (Phi) is 3.48. The van der Waals surface area contributed by atoms with Crippen LogP contribution in [0, 0.1) is 19.8 Å². The lowest BCUT2D eigenvalue weighted by Crippen LogP contribution is -2.29. The molecule has 1 aliphatic heterocycles. The van der Waals surface area contributed by atoms with Gasteiger partial charge in [-0.25, -0.2) is 0 Å². The molecule has 0 amide bonds. The van der Waals surface area contributed by atoms with Crippen molar-refractivity contribution >= 4 is 5.97 Å². The fourth-order valence-electron chi connectivity index (χ4n) is 2.54. The van der Waals surface area contributed by atoms with Crippen molar-refractivity contribution in [1.82, 2.24) is 0 Å². The maximum absolute atomic E-state index is 11.2. The topological polar surface area (TPSA) is 46.5 Å². The Morgan fingerprint density at radius 2 is 1.94 bits per heavy atom. The van der Waals surface area contributed by atoms with Crippen LogP contribution in [-0.4, -0.2) is 17.7 Å². The van der Waals surface area contributed by atoms with Gasteiger partial charge in [0.25, 0.3) is 0 Å². The average molecular weight is 234 g/mol. The number of rotatable bonds is 2. The number of aliphatic carboxylic acids is 1. The van der Waals surface area contributed by atoms with E-state index in [1.54, 1.807) is 0 Å². The largest absolute Gasteiger partial charge is 0.481 e. The lowest BCUT2D eigenvalue weighted by molar-refractivity contribution is -0.151. The van der Waals surface area contributed by atoms with Crippen LogP contribution in [0.15, 0.2) is 18.2 Å². The highest BCUT2D eigenvalue weighted by molar-refractivity contribution is 5.71. The molecule has 1 aromatic rings. The quantitative estimate of drug-likeness (QED) is 0.855. The molecular weight excluding hydrogens is 216 g/mol. The maximum atomic E-state index is 11.2. The predicted molar refractivity (Wildman–Crippen MR) is 65.0 cm³/mol. The van der Waals surface area contributed by atoms with Crippen molar-refractivity contribution < 1.29 is 14.6 Å². The van der Waals surface area contributed by atoms with Crippen LogP contribution in [0.3, 0.4) is 0 Å². The third-order valence-electron chi connectivity index (χ3n) is 3.21. The number of carbonyl (C=O) groups is 1. The van der Waals surface area contributed by atoms with Crippen LogP contribution in [0.2, 0.25) is 0 Å². The van der Waals surface area contributed by atoms with Gasteiger partial charge in [0.15, 0.2) is 0 Å². The van der Waals surface area contributed by atoms with Gasteiger partial charge in [0, 0.05) is 6.61 Å². The molecule has 0 spiro atoms. The van der Waals surface area contributed by atoms with E-state index in [1.165, 1.54) is 0 Å². The first-order valence-electron chi connectivity index (χ1n) is 6.00. The number of hydrogen-bond donors (Lipinski definition) is 1. The number of ether oxygens (including phenoxy) is 1. The van der Waals surface area contributed by atoms with Crippen molar-refractivity contribution in [3.05, 3.63) is 34.9 Å². The smallest absolute Gasteiger partial charge is 0.309 e. The zero-order chi connectivity index (χ0) is 12.4. The van der Waals surface area contributed by atoms with E-state index in [9.17, 15) is 9.90 Å². The van der Waals surface area contributed by atoms with Crippen LogP contribution in [0.1, 0.15) is 35.6 Å². The fraction of sp³-hybridized carbons (Fsp3) is 0.500. The summed E-state index contributed by atoms with van der Waals surface area (Å²) in [5.74, 6) is -1.17. The zero-order valence-corrected chi connectivity index (χ0v) is 10.3. The van der Waals surface area contributed by atoms with E-state index < -0.39 is 11.9 Å². The van der Waals surface area contributed by atoms with Crippen LogP contribution in [0.25, 0.3) is 0 Å². The Morgan fingerprint density at radius 3 is 2.53 bits per heavy atom. The molecule has 1 heterocycles. The summed E-state index contributed by atoms with van der Waals surface area (Å²) in [6.07, 6.45) is 1.24. The van der Waals surface area contributed by atoms with Crippen molar-refractivity contribution in [3.63, 3.8) is 0 Å². The predicted octanol–water partition coefficient (Wildman–Crippen LogP) is 2.86. The summed E-state index contributed by atoms with van der Waals surface area (Å²) < 4.78 is 5.67. The first kappa shape index (κ1) is 12.1. The number of benzene rings is 1. The molecule has 0 aromatic heterocycles. The van der Waals surface area contributed by atoms with Crippen molar-refractivity contribution in [2.45, 2.75) is 32.8 Å². The molecule has 3 heteroatoms. The molecule has 1 N–H and O–H groups in total. The Morgan fingerprint density at radius 1 is 1.29 bits per heavy atom. The summed E-state index contributed by atoms with van der Waals surface area (Å²) in [6.45, 7) is 4.70. The Bertz CT molecular complexity index is 405. The number of hydrogen-bond acceptors (Lipinski definition) is 2. The Balaban J connectivity index is 2.32. The number of carboxylic acids is 1. The molecule has 0 bridgehead atoms. The molecule has 2 atom stereocenters. The van der Waals surface area contributed by atoms with E-state index in [-0.39, 0.29) is 6.10 Å². The first-order valence-corrected chi connectivity index (χ1v) is 6.00. The second kappa shape index (κ2) is 4.88. The molecule has 17 heavy (non-hydrogen) atoms. The minimum Gasteiger partial charge on any atom is -0.481 e. The minimum atomic E-state index is -0.756. The monoisotopic (exact) mass is 234 g/mol. The molecule has 3 nitrogen and oxygen atoms in total. The van der Waals surface area contributed by atoms with Gasteiger partial charge in [-0.3, -0.25) is 4.79 Å². The highest BCUT2D eigenvalue weighted by Gasteiger charge is 2.33. The summed E-state index contributed by atoms with van der Waals surface area (Å²) >= 11 is 0. The molecular formula is C14H18O3. The molecule has 1 aromatic carbocycles. The van der Waals surface area contributed by atoms with Crippen LogP contribution in [-0.2, 0) is 9.53 Å². The van der Waals surface area contributed by atoms with Crippen LogP contribution in [0.5, 0.6) is 0 Å². The highest BCUT2D eigenvalue weighted by Crippen LogP contribution is 2.34. The first-order chi connectivity index (χ1) is 8.08. The molecule has 0 radical (unpaired) electrons. The molecule has 0 saturated carbocycles. The average Bonchev–Trinajstić information content (AvgIpc) is 2.27. The summed E-state index contributed by atoms with van der Waals surface area (Å²) in [5.41, 5.74) is 3.30. The van der Waals surface area contributed by atoms with E-state index >= 15 is 0 Å². The van der Waals surface area contributed by atoms with Crippen LogP contribution < -0.4 is 0 Å². The second-order valence-corrected chi connectivity index (χ2v) is 4.80. The van der Waals surface area contributed by atoms with Crippen molar-refractivity contribution in [2.24, 2.45) is 5.92 Å². The highest BCUT2D eigenvalue weighted by atomic mass is 16.5. The third kappa shape index (κ3) is 2.67. The zero-order valence-electron chi connectivity index (χ0n) is 10.3. The van der Waals surface area contributed by atoms with Gasteiger partial charge in [0.05, 0.1) is 12.0 Å². The van der Waals surface area contributed by atoms with Crippen molar-refractivity contribution in [3.8, 4) is 0 Å². The normalized spacial score (nSPS) is 24.6. The molecule has 1 saturated heterocycles. The lowest BCUT2D eigenvalue weighted by Gasteiger charge is -2.29. The van der Waals surface area contributed by atoms with Crippen LogP contribution in [0.4, 0.5) is 0 Å². The van der Waals surface area contributed by atoms with Gasteiger partial charge in [-0.05, 0) is 32.3 Å². The fourth-order valence-corrected chi connectivity index (χ4v) is 2.54. The van der Waals surface area contributed by atoms with Crippen molar-refractivity contribution in [2.75, 3.05) is 6.61 Å². The van der Waals surface area contributed by atoms with E-state index in [4.69, 9.17) is 4.74 Å². The number of carboxylic acid groups (broad SMARTS) is 1.